The summed E-state index contributed by atoms with van der Waals surface area (Å²) in [6.07, 6.45) is 2.42. The van der Waals surface area contributed by atoms with Gasteiger partial charge in [0.15, 0.2) is 0 Å². The second kappa shape index (κ2) is 9.36. The highest BCUT2D eigenvalue weighted by atomic mass is 32.1. The molecule has 1 aliphatic rings. The average Bonchev–Trinajstić information content (AvgIpc) is 3.63. The number of rotatable bonds is 7. The largest absolute Gasteiger partial charge is 0.478 e. The number of aromatic nitrogens is 4. The van der Waals surface area contributed by atoms with E-state index in [0.717, 1.165) is 51.3 Å². The smallest absolute Gasteiger partial charge is 0.337 e. The first kappa shape index (κ1) is 24.3. The van der Waals surface area contributed by atoms with E-state index in [9.17, 15) is 14.7 Å². The molecule has 38 heavy (non-hydrogen) atoms. The van der Waals surface area contributed by atoms with Crippen molar-refractivity contribution >= 4 is 27.4 Å². The lowest BCUT2D eigenvalue weighted by atomic mass is 9.98. The highest BCUT2D eigenvalue weighted by Gasteiger charge is 2.33. The van der Waals surface area contributed by atoms with E-state index in [1.807, 2.05) is 54.9 Å². The number of benzene rings is 2. The number of carbonyl (C=O) groups is 1. The Kier molecular flexibility index (Phi) is 5.99. The van der Waals surface area contributed by atoms with Crippen LogP contribution in [0.15, 0.2) is 65.5 Å². The number of aryl methyl sites for hydroxylation is 2. The number of hydrogen-bond acceptors (Lipinski definition) is 5. The molecule has 8 heteroatoms. The topological polar surface area (TPSA) is 90.0 Å². The second-order valence-corrected chi connectivity index (χ2v) is 11.1. The van der Waals surface area contributed by atoms with Crippen molar-refractivity contribution in [2.24, 2.45) is 7.05 Å². The first-order valence-corrected chi connectivity index (χ1v) is 13.6. The maximum Gasteiger partial charge on any atom is 0.337 e. The molecule has 192 valence electrons. The van der Waals surface area contributed by atoms with E-state index >= 15 is 0 Å². The van der Waals surface area contributed by atoms with E-state index in [0.29, 0.717) is 17.2 Å². The predicted molar refractivity (Wildman–Crippen MR) is 148 cm³/mol. The van der Waals surface area contributed by atoms with Gasteiger partial charge in [0.25, 0.3) is 5.56 Å². The Morgan fingerprint density at radius 3 is 2.18 bits per heavy atom. The Bertz CT molecular complexity index is 1690. The van der Waals surface area contributed by atoms with Gasteiger partial charge in [0.2, 0.25) is 0 Å². The van der Waals surface area contributed by atoms with E-state index in [1.165, 1.54) is 16.0 Å². The summed E-state index contributed by atoms with van der Waals surface area (Å²) >= 11 is 1.40. The Morgan fingerprint density at radius 1 is 1.03 bits per heavy atom. The lowest BCUT2D eigenvalue weighted by Gasteiger charge is -2.21. The number of nitrogens with zero attached hydrogens (tertiary/aromatic N) is 4. The van der Waals surface area contributed by atoms with Gasteiger partial charge in [0, 0.05) is 35.5 Å². The van der Waals surface area contributed by atoms with Gasteiger partial charge in [-0.15, -0.1) is 11.3 Å². The van der Waals surface area contributed by atoms with Gasteiger partial charge in [-0.3, -0.25) is 9.48 Å². The predicted octanol–water partition coefficient (Wildman–Crippen LogP) is 5.61. The van der Waals surface area contributed by atoms with Crippen LogP contribution in [0.3, 0.4) is 0 Å². The van der Waals surface area contributed by atoms with Gasteiger partial charge in [0.05, 0.1) is 27.0 Å². The third-order valence-electron chi connectivity index (χ3n) is 7.44. The summed E-state index contributed by atoms with van der Waals surface area (Å²) in [5.74, 6) is -0.786. The standard InChI is InChI=1S/C30H28N4O3S/c1-17-22(18(2)34(31-17)27(20-10-6-4-7-11-20)21-12-8-5-9-13-21)16-23-24(30(36)37)25-28(38-23)26(19-14-15-19)32-33(3)29(25)35/h4-13,19,27H,14-16H2,1-3H3,(H,36,37). The Morgan fingerprint density at radius 2 is 1.63 bits per heavy atom. The van der Waals surface area contributed by atoms with Gasteiger partial charge >= 0.3 is 5.97 Å². The van der Waals surface area contributed by atoms with Gasteiger partial charge in [-0.1, -0.05) is 60.7 Å². The Labute approximate surface area is 224 Å². The van der Waals surface area contributed by atoms with Crippen molar-refractivity contribution in [1.29, 1.82) is 0 Å². The Hall–Kier alpha value is -4.04. The highest BCUT2D eigenvalue weighted by Crippen LogP contribution is 2.45. The molecule has 1 saturated carbocycles. The fourth-order valence-corrected chi connectivity index (χ4v) is 6.72. The molecule has 0 atom stereocenters. The molecule has 1 fully saturated rings. The maximum absolute atomic E-state index is 13.1. The number of aromatic carboxylic acids is 1. The van der Waals surface area contributed by atoms with Crippen molar-refractivity contribution in [1.82, 2.24) is 19.6 Å². The first-order chi connectivity index (χ1) is 18.3. The Balaban J connectivity index is 1.50. The second-order valence-electron chi connectivity index (χ2n) is 9.99. The summed E-state index contributed by atoms with van der Waals surface area (Å²) in [6, 6.07) is 20.4. The van der Waals surface area contributed by atoms with E-state index in [4.69, 9.17) is 5.10 Å². The fraction of sp³-hybridized carbons (Fsp3) is 0.267. The molecule has 6 rings (SSSR count). The minimum atomic E-state index is -1.08. The monoisotopic (exact) mass is 524 g/mol. The summed E-state index contributed by atoms with van der Waals surface area (Å²) < 4.78 is 4.05. The molecule has 5 aromatic rings. The van der Waals surface area contributed by atoms with Crippen LogP contribution in [0.4, 0.5) is 0 Å². The number of fused-ring (bicyclic) bond motifs is 1. The summed E-state index contributed by atoms with van der Waals surface area (Å²) in [6.45, 7) is 4.01. The van der Waals surface area contributed by atoms with Crippen molar-refractivity contribution in [3.8, 4) is 0 Å². The van der Waals surface area contributed by atoms with E-state index in [2.05, 4.69) is 29.4 Å². The maximum atomic E-state index is 13.1. The fourth-order valence-electron chi connectivity index (χ4n) is 5.36. The van der Waals surface area contributed by atoms with Crippen molar-refractivity contribution < 1.29 is 9.90 Å². The molecule has 1 N–H and O–H groups in total. The minimum Gasteiger partial charge on any atom is -0.478 e. The van der Waals surface area contributed by atoms with Crippen LogP contribution in [0.2, 0.25) is 0 Å². The lowest BCUT2D eigenvalue weighted by Crippen LogP contribution is -2.22. The molecule has 3 heterocycles. The summed E-state index contributed by atoms with van der Waals surface area (Å²) in [4.78, 5) is 26.3. The molecule has 0 bridgehead atoms. The van der Waals surface area contributed by atoms with Gasteiger partial charge in [-0.2, -0.15) is 10.2 Å². The third kappa shape index (κ3) is 4.05. The van der Waals surface area contributed by atoms with Crippen molar-refractivity contribution in [2.45, 2.75) is 45.1 Å². The van der Waals surface area contributed by atoms with Gasteiger partial charge < -0.3 is 5.11 Å². The third-order valence-corrected chi connectivity index (χ3v) is 8.66. The molecule has 0 radical (unpaired) electrons. The normalized spacial score (nSPS) is 13.5. The van der Waals surface area contributed by atoms with Crippen LogP contribution in [-0.2, 0) is 13.5 Å². The first-order valence-electron chi connectivity index (χ1n) is 12.8. The van der Waals surface area contributed by atoms with Crippen LogP contribution < -0.4 is 5.56 Å². The van der Waals surface area contributed by atoms with Crippen LogP contribution >= 0.6 is 11.3 Å². The SMILES string of the molecule is Cc1nn(C(c2ccccc2)c2ccccc2)c(C)c1Cc1sc2c(C3CC3)nn(C)c(=O)c2c1C(=O)O. The molecule has 0 aliphatic heterocycles. The van der Waals surface area contributed by atoms with Crippen LogP contribution in [0.25, 0.3) is 10.1 Å². The minimum absolute atomic E-state index is 0.101. The lowest BCUT2D eigenvalue weighted by molar-refractivity contribution is 0.0698. The van der Waals surface area contributed by atoms with Crippen LogP contribution in [0.5, 0.6) is 0 Å². The van der Waals surface area contributed by atoms with Gasteiger partial charge in [0.1, 0.15) is 6.04 Å². The van der Waals surface area contributed by atoms with E-state index in [-0.39, 0.29) is 22.6 Å². The zero-order valence-corrected chi connectivity index (χ0v) is 22.3. The summed E-state index contributed by atoms with van der Waals surface area (Å²) in [5.41, 5.74) is 5.63. The molecule has 2 aromatic carbocycles. The van der Waals surface area contributed by atoms with Crippen LogP contribution in [-0.4, -0.2) is 30.6 Å². The summed E-state index contributed by atoms with van der Waals surface area (Å²) in [7, 11) is 1.60. The number of thiophene rings is 1. The van der Waals surface area contributed by atoms with Crippen LogP contribution in [0.1, 0.15) is 73.8 Å². The van der Waals surface area contributed by atoms with Gasteiger partial charge in [-0.25, -0.2) is 9.48 Å². The molecule has 0 saturated heterocycles. The van der Waals surface area contributed by atoms with Crippen LogP contribution in [0, 0.1) is 13.8 Å². The summed E-state index contributed by atoms with van der Waals surface area (Å²) in [5, 5.41) is 20.0. The zero-order chi connectivity index (χ0) is 26.6. The van der Waals surface area contributed by atoms with Gasteiger partial charge in [-0.05, 0) is 37.8 Å². The molecule has 0 unspecified atom stereocenters. The number of carboxylic acid groups (broad SMARTS) is 1. The van der Waals surface area contributed by atoms with Crippen molar-refractivity contribution in [3.63, 3.8) is 0 Å². The van der Waals surface area contributed by atoms with E-state index < -0.39 is 5.97 Å². The molecule has 0 amide bonds. The molecule has 0 spiro atoms. The quantitative estimate of drug-likeness (QED) is 0.299. The van der Waals surface area contributed by atoms with Crippen molar-refractivity contribution in [2.75, 3.05) is 0 Å². The molecule has 7 nitrogen and oxygen atoms in total. The molecular weight excluding hydrogens is 496 g/mol. The van der Waals surface area contributed by atoms with E-state index in [1.54, 1.807) is 7.05 Å². The highest BCUT2D eigenvalue weighted by molar-refractivity contribution is 7.19. The van der Waals surface area contributed by atoms with Crippen molar-refractivity contribution in [3.05, 3.63) is 115 Å². The molecule has 3 aromatic heterocycles. The average molecular weight is 525 g/mol. The molecule has 1 aliphatic carbocycles. The number of carboxylic acids is 1. The number of hydrogen-bond donors (Lipinski definition) is 1. The zero-order valence-electron chi connectivity index (χ0n) is 21.5. The molecular formula is C30H28N4O3S.